The van der Waals surface area contributed by atoms with E-state index in [4.69, 9.17) is 0 Å². The number of amides is 2. The lowest BCUT2D eigenvalue weighted by atomic mass is 10.0. The van der Waals surface area contributed by atoms with E-state index in [1.54, 1.807) is 18.2 Å². The average molecular weight is 464 g/mol. The van der Waals surface area contributed by atoms with Crippen LogP contribution in [0.5, 0.6) is 0 Å². The van der Waals surface area contributed by atoms with Gasteiger partial charge in [0.15, 0.2) is 11.0 Å². The van der Waals surface area contributed by atoms with Gasteiger partial charge in [0.05, 0.1) is 11.8 Å². The summed E-state index contributed by atoms with van der Waals surface area (Å²) in [6, 6.07) is 16.4. The molecule has 33 heavy (non-hydrogen) atoms. The zero-order valence-electron chi connectivity index (χ0n) is 19.1. The van der Waals surface area contributed by atoms with E-state index in [1.165, 1.54) is 11.8 Å². The Morgan fingerprint density at radius 3 is 2.55 bits per heavy atom. The van der Waals surface area contributed by atoms with Gasteiger partial charge >= 0.3 is 0 Å². The first-order valence-electron chi connectivity index (χ1n) is 10.8. The molecule has 0 saturated heterocycles. The molecule has 1 atom stereocenters. The first-order valence-corrected chi connectivity index (χ1v) is 11.8. The van der Waals surface area contributed by atoms with Gasteiger partial charge in [-0.1, -0.05) is 62.0 Å². The Balaban J connectivity index is 1.74. The maximum absolute atomic E-state index is 12.8. The lowest BCUT2D eigenvalue weighted by Crippen LogP contribution is -2.33. The Labute approximate surface area is 198 Å². The number of carbonyl (C=O) groups excluding carboxylic acids is 2. The third-order valence-electron chi connectivity index (χ3n) is 4.96. The van der Waals surface area contributed by atoms with Crippen LogP contribution in [0.1, 0.15) is 41.6 Å². The third kappa shape index (κ3) is 6.55. The highest BCUT2D eigenvalue weighted by molar-refractivity contribution is 7.99. The van der Waals surface area contributed by atoms with Crippen molar-refractivity contribution in [2.45, 2.75) is 38.5 Å². The highest BCUT2D eigenvalue weighted by Gasteiger charge is 2.26. The van der Waals surface area contributed by atoms with Crippen LogP contribution in [0.15, 0.2) is 72.4 Å². The fourth-order valence-corrected chi connectivity index (χ4v) is 4.09. The van der Waals surface area contributed by atoms with Crippen molar-refractivity contribution in [1.82, 2.24) is 20.1 Å². The Bertz CT molecular complexity index is 1110. The Kier molecular flexibility index (Phi) is 8.43. The molecule has 2 N–H and O–H groups in total. The van der Waals surface area contributed by atoms with Gasteiger partial charge in [-0.05, 0) is 42.7 Å². The molecule has 3 rings (SSSR count). The molecule has 1 heterocycles. The number of aromatic nitrogens is 3. The Morgan fingerprint density at radius 1 is 1.12 bits per heavy atom. The van der Waals surface area contributed by atoms with E-state index >= 15 is 0 Å². The highest BCUT2D eigenvalue weighted by Crippen LogP contribution is 2.26. The molecule has 2 aromatic carbocycles. The third-order valence-corrected chi connectivity index (χ3v) is 5.93. The van der Waals surface area contributed by atoms with E-state index in [0.717, 1.165) is 11.3 Å². The second-order valence-corrected chi connectivity index (χ2v) is 8.95. The fraction of sp³-hybridized carbons (Fsp3) is 0.280. The summed E-state index contributed by atoms with van der Waals surface area (Å²) in [5, 5.41) is 15.3. The normalized spacial score (nSPS) is 11.8. The van der Waals surface area contributed by atoms with E-state index in [1.807, 2.05) is 67.8 Å². The van der Waals surface area contributed by atoms with Crippen molar-refractivity contribution in [3.8, 4) is 0 Å². The van der Waals surface area contributed by atoms with Gasteiger partial charge in [0.2, 0.25) is 5.91 Å². The summed E-state index contributed by atoms with van der Waals surface area (Å²) in [6.45, 7) is 10.3. The highest BCUT2D eigenvalue weighted by atomic mass is 32.2. The van der Waals surface area contributed by atoms with Crippen molar-refractivity contribution >= 4 is 29.3 Å². The predicted molar refractivity (Wildman–Crippen MR) is 132 cm³/mol. The monoisotopic (exact) mass is 463 g/mol. The molecule has 0 unspecified atom stereocenters. The summed E-state index contributed by atoms with van der Waals surface area (Å²) >= 11 is 1.30. The second-order valence-electron chi connectivity index (χ2n) is 8.01. The lowest BCUT2D eigenvalue weighted by molar-refractivity contribution is -0.113. The summed E-state index contributed by atoms with van der Waals surface area (Å²) in [6.07, 6.45) is 1.75. The number of aryl methyl sites for hydroxylation is 1. The topological polar surface area (TPSA) is 88.9 Å². The van der Waals surface area contributed by atoms with Crippen molar-refractivity contribution in [2.75, 3.05) is 11.1 Å². The zero-order valence-corrected chi connectivity index (χ0v) is 19.9. The molecule has 0 fully saturated rings. The minimum Gasteiger partial charge on any atom is -0.342 e. The molecule has 3 aromatic rings. The maximum atomic E-state index is 12.8. The number of anilines is 1. The Morgan fingerprint density at radius 2 is 1.88 bits per heavy atom. The molecule has 0 spiro atoms. The van der Waals surface area contributed by atoms with Crippen LogP contribution in [-0.4, -0.2) is 32.3 Å². The summed E-state index contributed by atoms with van der Waals surface area (Å²) in [7, 11) is 0. The van der Waals surface area contributed by atoms with Crippen LogP contribution in [0.2, 0.25) is 0 Å². The first kappa shape index (κ1) is 24.3. The number of hydrogen-bond acceptors (Lipinski definition) is 5. The summed E-state index contributed by atoms with van der Waals surface area (Å²) in [4.78, 5) is 25.2. The smallest absolute Gasteiger partial charge is 0.251 e. The molecule has 1 aromatic heterocycles. The van der Waals surface area contributed by atoms with Crippen LogP contribution in [0.25, 0.3) is 0 Å². The molecule has 7 nitrogen and oxygen atoms in total. The number of nitrogens with one attached hydrogen (secondary N) is 2. The summed E-state index contributed by atoms with van der Waals surface area (Å²) in [5.74, 6) is 0.599. The van der Waals surface area contributed by atoms with Gasteiger partial charge < -0.3 is 15.2 Å². The fourth-order valence-electron chi connectivity index (χ4n) is 3.33. The number of allylic oxidation sites excluding steroid dienone is 1. The predicted octanol–water partition coefficient (Wildman–Crippen LogP) is 4.63. The van der Waals surface area contributed by atoms with Crippen molar-refractivity contribution in [3.63, 3.8) is 0 Å². The van der Waals surface area contributed by atoms with Gasteiger partial charge in [0, 0.05) is 17.8 Å². The van der Waals surface area contributed by atoms with E-state index in [9.17, 15) is 9.59 Å². The number of hydrogen-bond donors (Lipinski definition) is 2. The van der Waals surface area contributed by atoms with Crippen molar-refractivity contribution in [3.05, 3.63) is 84.2 Å². The van der Waals surface area contributed by atoms with Crippen LogP contribution in [0.3, 0.4) is 0 Å². The zero-order chi connectivity index (χ0) is 23.8. The summed E-state index contributed by atoms with van der Waals surface area (Å²) in [5.41, 5.74) is 2.42. The molecular weight excluding hydrogens is 434 g/mol. The Hall–Kier alpha value is -3.39. The van der Waals surface area contributed by atoms with Gasteiger partial charge in [-0.15, -0.1) is 16.8 Å². The largest absolute Gasteiger partial charge is 0.342 e. The SMILES string of the molecule is C=CCn1c(SCC(=O)Nc2cccc(C)c2)nnc1[C@@H](NC(=O)c1ccccc1)C(C)C. The number of rotatable bonds is 10. The van der Waals surface area contributed by atoms with Gasteiger partial charge in [-0.3, -0.25) is 9.59 Å². The van der Waals surface area contributed by atoms with Crippen LogP contribution in [0, 0.1) is 12.8 Å². The van der Waals surface area contributed by atoms with E-state index in [0.29, 0.717) is 23.1 Å². The molecule has 0 aliphatic rings. The number of carbonyl (C=O) groups is 2. The van der Waals surface area contributed by atoms with Crippen LogP contribution in [-0.2, 0) is 11.3 Å². The van der Waals surface area contributed by atoms with Gasteiger partial charge in [-0.25, -0.2) is 0 Å². The minimum atomic E-state index is -0.347. The van der Waals surface area contributed by atoms with Gasteiger partial charge in [-0.2, -0.15) is 0 Å². The molecule has 0 aliphatic carbocycles. The lowest BCUT2D eigenvalue weighted by Gasteiger charge is -2.22. The molecule has 0 radical (unpaired) electrons. The average Bonchev–Trinajstić information content (AvgIpc) is 3.18. The van der Waals surface area contributed by atoms with Crippen molar-refractivity contribution in [2.24, 2.45) is 5.92 Å². The quantitative estimate of drug-likeness (QED) is 0.338. The van der Waals surface area contributed by atoms with Gasteiger partial charge in [0.25, 0.3) is 5.91 Å². The molecule has 0 bridgehead atoms. The van der Waals surface area contributed by atoms with E-state index < -0.39 is 0 Å². The molecular formula is C25H29N5O2S. The maximum Gasteiger partial charge on any atom is 0.251 e. The standard InChI is InChI=1S/C25H29N5O2S/c1-5-14-30-23(22(17(2)3)27-24(32)19-11-7-6-8-12-19)28-29-25(30)33-16-21(31)26-20-13-9-10-18(4)15-20/h5-13,15,17,22H,1,14,16H2,2-4H3,(H,26,31)(H,27,32)/t22-/m0/s1. The molecule has 8 heteroatoms. The number of benzene rings is 2. The number of nitrogens with zero attached hydrogens (tertiary/aromatic N) is 3. The molecule has 0 aliphatic heterocycles. The van der Waals surface area contributed by atoms with Crippen LogP contribution < -0.4 is 10.6 Å². The first-order chi connectivity index (χ1) is 15.9. The van der Waals surface area contributed by atoms with E-state index in [2.05, 4.69) is 27.4 Å². The molecule has 2 amide bonds. The minimum absolute atomic E-state index is 0.0768. The van der Waals surface area contributed by atoms with Crippen LogP contribution >= 0.6 is 11.8 Å². The van der Waals surface area contributed by atoms with Crippen LogP contribution in [0.4, 0.5) is 5.69 Å². The van der Waals surface area contributed by atoms with Crippen molar-refractivity contribution in [1.29, 1.82) is 0 Å². The van der Waals surface area contributed by atoms with E-state index in [-0.39, 0.29) is 29.5 Å². The van der Waals surface area contributed by atoms with Gasteiger partial charge in [0.1, 0.15) is 0 Å². The number of thioether (sulfide) groups is 1. The van der Waals surface area contributed by atoms with Crippen molar-refractivity contribution < 1.29 is 9.59 Å². The second kappa shape index (κ2) is 11.5. The molecule has 0 saturated carbocycles. The summed E-state index contributed by atoms with van der Waals surface area (Å²) < 4.78 is 1.90. The molecule has 172 valence electrons.